The van der Waals surface area contributed by atoms with E-state index in [1.165, 1.54) is 6.42 Å². The van der Waals surface area contributed by atoms with Gasteiger partial charge in [0.25, 0.3) is 0 Å². The van der Waals surface area contributed by atoms with Crippen molar-refractivity contribution in [1.82, 2.24) is 5.32 Å². The van der Waals surface area contributed by atoms with E-state index in [2.05, 4.69) is 18.3 Å². The van der Waals surface area contributed by atoms with Gasteiger partial charge in [-0.3, -0.25) is 0 Å². The zero-order chi connectivity index (χ0) is 18.1. The highest BCUT2D eigenvalue weighted by molar-refractivity contribution is 6.35. The molecule has 1 N–H and O–H groups in total. The van der Waals surface area contributed by atoms with Gasteiger partial charge in [-0.05, 0) is 38.1 Å². The second kappa shape index (κ2) is 12.3. The Balaban J connectivity index is 0.00000338. The van der Waals surface area contributed by atoms with E-state index in [0.717, 1.165) is 42.1 Å². The standard InChI is InChI=1S/C20H25Cl2NO2.ClH/c1-3-5-11-23-13-15-7-6-8-19(24-4-2)20(15)25-14-16-9-10-17(21)12-18(16)22;/h6-10,12,23H,3-5,11,13-14H2,1-2H3;1H. The molecule has 0 aromatic heterocycles. The fourth-order valence-corrected chi connectivity index (χ4v) is 2.91. The lowest BCUT2D eigenvalue weighted by molar-refractivity contribution is 0.266. The zero-order valence-corrected chi connectivity index (χ0v) is 17.5. The largest absolute Gasteiger partial charge is 0.490 e. The zero-order valence-electron chi connectivity index (χ0n) is 15.2. The Labute approximate surface area is 172 Å². The molecule has 0 aliphatic heterocycles. The third-order valence-corrected chi connectivity index (χ3v) is 4.36. The maximum Gasteiger partial charge on any atom is 0.166 e. The first-order chi connectivity index (χ1) is 12.2. The van der Waals surface area contributed by atoms with Crippen LogP contribution in [0.2, 0.25) is 10.0 Å². The Kier molecular flexibility index (Phi) is 10.8. The van der Waals surface area contributed by atoms with E-state index >= 15 is 0 Å². The summed E-state index contributed by atoms with van der Waals surface area (Å²) in [6, 6.07) is 11.4. The Morgan fingerprint density at radius 1 is 1.00 bits per heavy atom. The predicted octanol–water partition coefficient (Wildman–Crippen LogP) is 6.28. The SMILES string of the molecule is CCCCNCc1cccc(OCC)c1OCc1ccc(Cl)cc1Cl.Cl. The van der Waals surface area contributed by atoms with Gasteiger partial charge in [0.15, 0.2) is 11.5 Å². The quantitative estimate of drug-likeness (QED) is 0.460. The molecule has 0 saturated heterocycles. The highest BCUT2D eigenvalue weighted by atomic mass is 35.5. The van der Waals surface area contributed by atoms with Crippen LogP contribution in [0.4, 0.5) is 0 Å². The molecule has 0 saturated carbocycles. The van der Waals surface area contributed by atoms with Crippen LogP contribution in [-0.4, -0.2) is 13.2 Å². The van der Waals surface area contributed by atoms with Gasteiger partial charge in [-0.1, -0.05) is 54.7 Å². The molecule has 0 aliphatic rings. The molecule has 3 nitrogen and oxygen atoms in total. The molecule has 2 aromatic rings. The summed E-state index contributed by atoms with van der Waals surface area (Å²) in [6.07, 6.45) is 2.33. The van der Waals surface area contributed by atoms with Gasteiger partial charge in [-0.25, -0.2) is 0 Å². The van der Waals surface area contributed by atoms with Gasteiger partial charge >= 0.3 is 0 Å². The Morgan fingerprint density at radius 3 is 2.50 bits per heavy atom. The van der Waals surface area contributed by atoms with E-state index < -0.39 is 0 Å². The lowest BCUT2D eigenvalue weighted by Gasteiger charge is -2.17. The molecule has 144 valence electrons. The summed E-state index contributed by atoms with van der Waals surface area (Å²) in [5, 5.41) is 4.67. The molecule has 0 aliphatic carbocycles. The van der Waals surface area contributed by atoms with E-state index in [4.69, 9.17) is 32.7 Å². The minimum absolute atomic E-state index is 0. The van der Waals surface area contributed by atoms with Crippen LogP contribution in [0.15, 0.2) is 36.4 Å². The molecule has 0 spiro atoms. The highest BCUT2D eigenvalue weighted by Crippen LogP contribution is 2.33. The van der Waals surface area contributed by atoms with Gasteiger partial charge in [0, 0.05) is 27.7 Å². The maximum absolute atomic E-state index is 6.25. The summed E-state index contributed by atoms with van der Waals surface area (Å²) in [6.45, 7) is 6.82. The van der Waals surface area contributed by atoms with Gasteiger partial charge in [-0.15, -0.1) is 12.4 Å². The van der Waals surface area contributed by atoms with Crippen LogP contribution < -0.4 is 14.8 Å². The molecule has 0 amide bonds. The molecule has 0 atom stereocenters. The smallest absolute Gasteiger partial charge is 0.166 e. The van der Waals surface area contributed by atoms with Crippen LogP contribution in [0, 0.1) is 0 Å². The van der Waals surface area contributed by atoms with Crippen molar-refractivity contribution in [3.05, 3.63) is 57.6 Å². The van der Waals surface area contributed by atoms with Gasteiger partial charge in [-0.2, -0.15) is 0 Å². The summed E-state index contributed by atoms with van der Waals surface area (Å²) < 4.78 is 11.8. The predicted molar refractivity (Wildman–Crippen MR) is 112 cm³/mol. The number of ether oxygens (including phenoxy) is 2. The number of rotatable bonds is 10. The van der Waals surface area contributed by atoms with Crippen LogP contribution in [0.5, 0.6) is 11.5 Å². The molecule has 0 heterocycles. The van der Waals surface area contributed by atoms with Gasteiger partial charge in [0.05, 0.1) is 6.61 Å². The van der Waals surface area contributed by atoms with E-state index in [1.807, 2.05) is 31.2 Å². The Hall–Kier alpha value is -1.13. The third kappa shape index (κ3) is 6.88. The Bertz CT molecular complexity index is 680. The fourth-order valence-electron chi connectivity index (χ4n) is 2.45. The molecule has 0 fully saturated rings. The van der Waals surface area contributed by atoms with Crippen molar-refractivity contribution in [1.29, 1.82) is 0 Å². The first-order valence-corrected chi connectivity index (χ1v) is 9.43. The lowest BCUT2D eigenvalue weighted by Crippen LogP contribution is -2.15. The summed E-state index contributed by atoms with van der Waals surface area (Å²) in [5.41, 5.74) is 1.97. The van der Waals surface area contributed by atoms with Crippen molar-refractivity contribution in [2.75, 3.05) is 13.2 Å². The van der Waals surface area contributed by atoms with E-state index in [-0.39, 0.29) is 12.4 Å². The van der Waals surface area contributed by atoms with E-state index in [9.17, 15) is 0 Å². The number of benzene rings is 2. The van der Waals surface area contributed by atoms with E-state index in [0.29, 0.717) is 23.3 Å². The number of unbranched alkanes of at least 4 members (excludes halogenated alkanes) is 1. The van der Waals surface area contributed by atoms with Crippen molar-refractivity contribution >= 4 is 35.6 Å². The number of nitrogens with one attached hydrogen (secondary N) is 1. The summed E-state index contributed by atoms with van der Waals surface area (Å²) in [7, 11) is 0. The molecule has 0 unspecified atom stereocenters. The monoisotopic (exact) mass is 417 g/mol. The number of para-hydroxylation sites is 1. The lowest BCUT2D eigenvalue weighted by atomic mass is 10.1. The molecule has 2 rings (SSSR count). The van der Waals surface area contributed by atoms with Crippen LogP contribution in [0.25, 0.3) is 0 Å². The summed E-state index contributed by atoms with van der Waals surface area (Å²) in [5.74, 6) is 1.52. The first-order valence-electron chi connectivity index (χ1n) is 8.67. The molecule has 26 heavy (non-hydrogen) atoms. The maximum atomic E-state index is 6.25. The van der Waals surface area contributed by atoms with Crippen molar-refractivity contribution < 1.29 is 9.47 Å². The van der Waals surface area contributed by atoms with Crippen molar-refractivity contribution in [2.24, 2.45) is 0 Å². The van der Waals surface area contributed by atoms with Crippen molar-refractivity contribution in [3.8, 4) is 11.5 Å². The summed E-state index contributed by atoms with van der Waals surface area (Å²) in [4.78, 5) is 0. The minimum Gasteiger partial charge on any atom is -0.490 e. The molecule has 2 aromatic carbocycles. The minimum atomic E-state index is 0. The normalized spacial score (nSPS) is 10.3. The molecule has 0 radical (unpaired) electrons. The molecular formula is C20H26Cl3NO2. The third-order valence-electron chi connectivity index (χ3n) is 3.77. The van der Waals surface area contributed by atoms with Crippen LogP contribution >= 0.6 is 35.6 Å². The molecule has 6 heteroatoms. The molecular weight excluding hydrogens is 393 g/mol. The van der Waals surface area contributed by atoms with Crippen LogP contribution in [0.3, 0.4) is 0 Å². The topological polar surface area (TPSA) is 30.5 Å². The number of hydrogen-bond acceptors (Lipinski definition) is 3. The fraction of sp³-hybridized carbons (Fsp3) is 0.400. The second-order valence-corrected chi connectivity index (χ2v) is 6.58. The van der Waals surface area contributed by atoms with E-state index in [1.54, 1.807) is 6.07 Å². The van der Waals surface area contributed by atoms with Crippen LogP contribution in [0.1, 0.15) is 37.8 Å². The number of halogens is 3. The first kappa shape index (κ1) is 22.9. The summed E-state index contributed by atoms with van der Waals surface area (Å²) >= 11 is 12.2. The van der Waals surface area contributed by atoms with Gasteiger partial charge in [0.2, 0.25) is 0 Å². The highest BCUT2D eigenvalue weighted by Gasteiger charge is 2.12. The average Bonchev–Trinajstić information content (AvgIpc) is 2.59. The Morgan fingerprint density at radius 2 is 1.81 bits per heavy atom. The molecule has 0 bridgehead atoms. The van der Waals surface area contributed by atoms with Crippen LogP contribution in [-0.2, 0) is 13.2 Å². The van der Waals surface area contributed by atoms with Crippen molar-refractivity contribution in [3.63, 3.8) is 0 Å². The van der Waals surface area contributed by atoms with Gasteiger partial charge < -0.3 is 14.8 Å². The van der Waals surface area contributed by atoms with Crippen molar-refractivity contribution in [2.45, 2.75) is 39.8 Å². The second-order valence-electron chi connectivity index (χ2n) is 5.73. The van der Waals surface area contributed by atoms with Gasteiger partial charge in [0.1, 0.15) is 6.61 Å². The number of hydrogen-bond donors (Lipinski definition) is 1. The average molecular weight is 419 g/mol.